The van der Waals surface area contributed by atoms with Crippen molar-refractivity contribution >= 4 is 0 Å². The number of furan rings is 1. The van der Waals surface area contributed by atoms with Crippen molar-refractivity contribution in [2.24, 2.45) is 7.05 Å². The molecule has 2 aromatic carbocycles. The minimum absolute atomic E-state index is 0.818. The van der Waals surface area contributed by atoms with Gasteiger partial charge in [0.15, 0.2) is 5.76 Å². The molecule has 0 fully saturated rings. The van der Waals surface area contributed by atoms with Gasteiger partial charge in [0.1, 0.15) is 17.3 Å². The van der Waals surface area contributed by atoms with Gasteiger partial charge in [-0.25, -0.2) is 0 Å². The van der Waals surface area contributed by atoms with Crippen molar-refractivity contribution in [2.45, 2.75) is 0 Å². The zero-order valence-electron chi connectivity index (χ0n) is 15.6. The molecule has 2 heterocycles. The van der Waals surface area contributed by atoms with Crippen LogP contribution in [-0.2, 0) is 7.05 Å². The molecule has 0 aliphatic heterocycles. The maximum absolute atomic E-state index is 6.32. The molecule has 136 valence electrons. The molecule has 2 aromatic heterocycles. The summed E-state index contributed by atoms with van der Waals surface area (Å²) in [5, 5.41) is 0. The molecule has 4 nitrogen and oxygen atoms in total. The van der Waals surface area contributed by atoms with E-state index in [1.807, 2.05) is 67.8 Å². The van der Waals surface area contributed by atoms with Crippen molar-refractivity contribution in [1.29, 1.82) is 0 Å². The Hall–Kier alpha value is -3.40. The number of aryl methyl sites for hydroxylation is 1. The van der Waals surface area contributed by atoms with E-state index in [4.69, 9.17) is 13.9 Å². The highest BCUT2D eigenvalue weighted by Gasteiger charge is 2.17. The van der Waals surface area contributed by atoms with Crippen LogP contribution in [0.1, 0.15) is 0 Å². The molecule has 0 amide bonds. The van der Waals surface area contributed by atoms with Crippen molar-refractivity contribution in [1.82, 2.24) is 4.57 Å². The van der Waals surface area contributed by atoms with Crippen LogP contribution in [0, 0.1) is 0 Å². The number of hydrogen-bond acceptors (Lipinski definition) is 3. The van der Waals surface area contributed by atoms with Crippen molar-refractivity contribution in [2.75, 3.05) is 14.2 Å². The average molecular weight is 359 g/mol. The van der Waals surface area contributed by atoms with Crippen LogP contribution in [-0.4, -0.2) is 18.8 Å². The van der Waals surface area contributed by atoms with Gasteiger partial charge in [-0.15, -0.1) is 0 Å². The minimum atomic E-state index is 0.818. The molecule has 4 aromatic rings. The topological polar surface area (TPSA) is 36.5 Å². The summed E-state index contributed by atoms with van der Waals surface area (Å²) in [4.78, 5) is 0. The summed E-state index contributed by atoms with van der Waals surface area (Å²) >= 11 is 0. The monoisotopic (exact) mass is 359 g/mol. The number of rotatable bonds is 5. The second kappa shape index (κ2) is 7.08. The number of aromatic nitrogens is 1. The fourth-order valence-corrected chi connectivity index (χ4v) is 3.18. The lowest BCUT2D eigenvalue weighted by molar-refractivity contribution is 0.414. The van der Waals surface area contributed by atoms with Gasteiger partial charge in [0.2, 0.25) is 0 Å². The van der Waals surface area contributed by atoms with E-state index >= 15 is 0 Å². The predicted octanol–water partition coefficient (Wildman–Crippen LogP) is 5.64. The number of nitrogens with zero attached hydrogens (tertiary/aromatic N) is 1. The van der Waals surface area contributed by atoms with Gasteiger partial charge in [0, 0.05) is 24.4 Å². The molecule has 4 rings (SSSR count). The molecule has 0 radical (unpaired) electrons. The summed E-state index contributed by atoms with van der Waals surface area (Å²) < 4.78 is 18.9. The van der Waals surface area contributed by atoms with Gasteiger partial charge in [0.25, 0.3) is 0 Å². The van der Waals surface area contributed by atoms with Crippen molar-refractivity contribution in [3.8, 4) is 45.4 Å². The van der Waals surface area contributed by atoms with E-state index in [-0.39, 0.29) is 0 Å². The Morgan fingerprint density at radius 2 is 1.37 bits per heavy atom. The molecule has 0 N–H and O–H groups in total. The maximum Gasteiger partial charge on any atom is 0.151 e. The molecule has 4 heteroatoms. The molecule has 0 spiro atoms. The van der Waals surface area contributed by atoms with Crippen molar-refractivity contribution in [3.05, 3.63) is 72.9 Å². The lowest BCUT2D eigenvalue weighted by Crippen LogP contribution is -1.86. The Bertz CT molecular complexity index is 975. The number of ether oxygens (including phenoxy) is 2. The van der Waals surface area contributed by atoms with E-state index in [1.54, 1.807) is 14.2 Å². The Morgan fingerprint density at radius 1 is 0.778 bits per heavy atom. The highest BCUT2D eigenvalue weighted by molar-refractivity contribution is 5.83. The fraction of sp³-hybridized carbons (Fsp3) is 0.130. The largest absolute Gasteiger partial charge is 0.497 e. The Kier molecular flexibility index (Phi) is 4.47. The third-order valence-corrected chi connectivity index (χ3v) is 4.68. The summed E-state index contributed by atoms with van der Waals surface area (Å²) in [7, 11) is 5.35. The Balaban J connectivity index is 1.86. The number of benzene rings is 2. The number of hydrogen-bond donors (Lipinski definition) is 0. The standard InChI is InChI=1S/C23H21NO3/c1-24-14-4-5-21(24)22-15-20(16-6-10-18(25-2)11-7-16)23(27-22)17-8-12-19(26-3)13-9-17/h4-15H,1-3H3. The van der Waals surface area contributed by atoms with Gasteiger partial charge in [-0.3, -0.25) is 0 Å². The van der Waals surface area contributed by atoms with E-state index in [9.17, 15) is 0 Å². The van der Waals surface area contributed by atoms with Crippen molar-refractivity contribution < 1.29 is 13.9 Å². The lowest BCUT2D eigenvalue weighted by atomic mass is 10.0. The molecule has 0 saturated heterocycles. The highest BCUT2D eigenvalue weighted by Crippen LogP contribution is 2.39. The van der Waals surface area contributed by atoms with Crippen LogP contribution in [0.25, 0.3) is 33.9 Å². The van der Waals surface area contributed by atoms with Gasteiger partial charge in [0.05, 0.1) is 19.9 Å². The lowest BCUT2D eigenvalue weighted by Gasteiger charge is -2.06. The average Bonchev–Trinajstić information content (AvgIpc) is 3.34. The maximum atomic E-state index is 6.32. The van der Waals surface area contributed by atoms with E-state index < -0.39 is 0 Å². The van der Waals surface area contributed by atoms with Gasteiger partial charge < -0.3 is 18.5 Å². The SMILES string of the molecule is COc1ccc(-c2cc(-c3cccn3C)oc2-c2ccc(OC)cc2)cc1. The van der Waals surface area contributed by atoms with Crippen LogP contribution in [0.15, 0.2) is 77.3 Å². The Labute approximate surface area is 158 Å². The third kappa shape index (κ3) is 3.22. The minimum Gasteiger partial charge on any atom is -0.497 e. The number of methoxy groups -OCH3 is 2. The second-order valence-electron chi connectivity index (χ2n) is 6.31. The summed E-state index contributed by atoms with van der Waals surface area (Å²) in [6.07, 6.45) is 2.01. The first-order valence-electron chi connectivity index (χ1n) is 8.74. The Morgan fingerprint density at radius 3 is 1.89 bits per heavy atom. The molecule has 27 heavy (non-hydrogen) atoms. The third-order valence-electron chi connectivity index (χ3n) is 4.68. The first kappa shape index (κ1) is 17.0. The molecule has 0 saturated carbocycles. The second-order valence-corrected chi connectivity index (χ2v) is 6.31. The van der Waals surface area contributed by atoms with Crippen LogP contribution in [0.5, 0.6) is 11.5 Å². The predicted molar refractivity (Wildman–Crippen MR) is 107 cm³/mol. The molecular formula is C23H21NO3. The van der Waals surface area contributed by atoms with Crippen LogP contribution < -0.4 is 9.47 Å². The van der Waals surface area contributed by atoms with Gasteiger partial charge in [-0.05, 0) is 60.2 Å². The van der Waals surface area contributed by atoms with E-state index in [0.29, 0.717) is 0 Å². The first-order valence-corrected chi connectivity index (χ1v) is 8.74. The van der Waals surface area contributed by atoms with Crippen molar-refractivity contribution in [3.63, 3.8) is 0 Å². The van der Waals surface area contributed by atoms with Gasteiger partial charge in [-0.1, -0.05) is 12.1 Å². The van der Waals surface area contributed by atoms with Crippen LogP contribution >= 0.6 is 0 Å². The zero-order valence-corrected chi connectivity index (χ0v) is 15.6. The first-order chi connectivity index (χ1) is 13.2. The van der Waals surface area contributed by atoms with Gasteiger partial charge >= 0.3 is 0 Å². The smallest absolute Gasteiger partial charge is 0.151 e. The van der Waals surface area contributed by atoms with Crippen LogP contribution in [0.3, 0.4) is 0 Å². The molecule has 0 atom stereocenters. The summed E-state index contributed by atoms with van der Waals surface area (Å²) in [6, 6.07) is 22.1. The summed E-state index contributed by atoms with van der Waals surface area (Å²) in [5.74, 6) is 3.31. The normalized spacial score (nSPS) is 10.8. The molecule has 0 unspecified atom stereocenters. The van der Waals surface area contributed by atoms with Gasteiger partial charge in [-0.2, -0.15) is 0 Å². The fourth-order valence-electron chi connectivity index (χ4n) is 3.18. The van der Waals surface area contributed by atoms with Crippen LogP contribution in [0.4, 0.5) is 0 Å². The highest BCUT2D eigenvalue weighted by atomic mass is 16.5. The van der Waals surface area contributed by atoms with E-state index in [1.165, 1.54) is 0 Å². The molecular weight excluding hydrogens is 338 g/mol. The zero-order chi connectivity index (χ0) is 18.8. The van der Waals surface area contributed by atoms with E-state index in [2.05, 4.69) is 16.7 Å². The molecule has 0 bridgehead atoms. The quantitative estimate of drug-likeness (QED) is 0.463. The summed E-state index contributed by atoms with van der Waals surface area (Å²) in [6.45, 7) is 0. The van der Waals surface area contributed by atoms with E-state index in [0.717, 1.165) is 45.4 Å². The van der Waals surface area contributed by atoms with Crippen LogP contribution in [0.2, 0.25) is 0 Å². The molecule has 0 aliphatic carbocycles. The summed E-state index contributed by atoms with van der Waals surface area (Å²) in [5.41, 5.74) is 4.15. The molecule has 0 aliphatic rings.